The molecule has 1 atom stereocenters. The Hall–Kier alpha value is -1.59. The van der Waals surface area contributed by atoms with Crippen molar-refractivity contribution in [1.82, 2.24) is 10.2 Å². The fourth-order valence-electron chi connectivity index (χ4n) is 2.26. The van der Waals surface area contributed by atoms with E-state index in [9.17, 15) is 9.59 Å². The summed E-state index contributed by atoms with van der Waals surface area (Å²) in [6, 6.07) is 7.46. The molecular formula is C15H19ClN2O3. The molecule has 5 nitrogen and oxygen atoms in total. The van der Waals surface area contributed by atoms with Crippen LogP contribution >= 0.6 is 11.6 Å². The summed E-state index contributed by atoms with van der Waals surface area (Å²) in [5, 5.41) is 3.31. The van der Waals surface area contributed by atoms with Gasteiger partial charge in [0.15, 0.2) is 0 Å². The van der Waals surface area contributed by atoms with Crippen LogP contribution in [0.2, 0.25) is 5.02 Å². The molecule has 1 fully saturated rings. The number of nitrogens with one attached hydrogen (secondary N) is 1. The average Bonchev–Trinajstić information content (AvgIpc) is 2.47. The van der Waals surface area contributed by atoms with Gasteiger partial charge in [-0.3, -0.25) is 9.59 Å². The molecule has 1 aliphatic rings. The molecule has 2 rings (SSSR count). The summed E-state index contributed by atoms with van der Waals surface area (Å²) in [6.45, 7) is 3.44. The maximum atomic E-state index is 12.1. The van der Waals surface area contributed by atoms with Crippen LogP contribution in [0.1, 0.15) is 25.0 Å². The van der Waals surface area contributed by atoms with Gasteiger partial charge < -0.3 is 15.0 Å². The van der Waals surface area contributed by atoms with Crippen LogP contribution in [-0.4, -0.2) is 43.0 Å². The number of carbonyl (C=O) groups is 2. The fourth-order valence-corrected chi connectivity index (χ4v) is 2.38. The number of amides is 2. The first kappa shape index (κ1) is 15.8. The number of hydrogen-bond acceptors (Lipinski definition) is 3. The summed E-state index contributed by atoms with van der Waals surface area (Å²) >= 11 is 5.87. The van der Waals surface area contributed by atoms with Crippen LogP contribution in [0.4, 0.5) is 0 Å². The highest BCUT2D eigenvalue weighted by Gasteiger charge is 2.25. The summed E-state index contributed by atoms with van der Waals surface area (Å²) in [7, 11) is 0. The van der Waals surface area contributed by atoms with E-state index >= 15 is 0 Å². The van der Waals surface area contributed by atoms with Gasteiger partial charge in [0.05, 0.1) is 13.2 Å². The molecule has 1 heterocycles. The first-order valence-corrected chi connectivity index (χ1v) is 7.33. The van der Waals surface area contributed by atoms with Gasteiger partial charge in [-0.2, -0.15) is 0 Å². The number of morpholine rings is 1. The molecule has 0 aromatic heterocycles. The molecule has 0 bridgehead atoms. The quantitative estimate of drug-likeness (QED) is 0.922. The van der Waals surface area contributed by atoms with Crippen molar-refractivity contribution in [2.45, 2.75) is 19.4 Å². The third-order valence-electron chi connectivity index (χ3n) is 3.37. The third kappa shape index (κ3) is 4.72. The second kappa shape index (κ2) is 7.43. The highest BCUT2D eigenvalue weighted by molar-refractivity contribution is 6.30. The molecule has 0 unspecified atom stereocenters. The highest BCUT2D eigenvalue weighted by Crippen LogP contribution is 2.23. The Kier molecular flexibility index (Phi) is 5.59. The number of carbonyl (C=O) groups excluding carboxylic acids is 2. The number of rotatable bonds is 4. The van der Waals surface area contributed by atoms with Crippen molar-refractivity contribution in [3.63, 3.8) is 0 Å². The van der Waals surface area contributed by atoms with Gasteiger partial charge >= 0.3 is 0 Å². The Balaban J connectivity index is 1.89. The lowest BCUT2D eigenvalue weighted by Gasteiger charge is -2.33. The Morgan fingerprint density at radius 2 is 2.10 bits per heavy atom. The van der Waals surface area contributed by atoms with Gasteiger partial charge in [-0.1, -0.05) is 23.7 Å². The van der Waals surface area contributed by atoms with Crippen molar-refractivity contribution >= 4 is 23.4 Å². The average molecular weight is 311 g/mol. The van der Waals surface area contributed by atoms with E-state index in [-0.39, 0.29) is 17.9 Å². The summed E-state index contributed by atoms with van der Waals surface area (Å²) in [5.41, 5.74) is 1.01. The van der Waals surface area contributed by atoms with E-state index in [1.807, 2.05) is 24.3 Å². The van der Waals surface area contributed by atoms with Crippen LogP contribution in [0.25, 0.3) is 0 Å². The van der Waals surface area contributed by atoms with Gasteiger partial charge in [-0.15, -0.1) is 0 Å². The smallest absolute Gasteiger partial charge is 0.224 e. The van der Waals surface area contributed by atoms with Crippen LogP contribution in [0.5, 0.6) is 0 Å². The van der Waals surface area contributed by atoms with Crippen molar-refractivity contribution in [2.24, 2.45) is 0 Å². The Morgan fingerprint density at radius 1 is 1.38 bits per heavy atom. The Bertz CT molecular complexity index is 504. The number of ether oxygens (including phenoxy) is 1. The lowest BCUT2D eigenvalue weighted by Crippen LogP contribution is -2.43. The van der Waals surface area contributed by atoms with Crippen LogP contribution < -0.4 is 5.32 Å². The third-order valence-corrected chi connectivity index (χ3v) is 3.63. The predicted molar refractivity (Wildman–Crippen MR) is 80.0 cm³/mol. The van der Waals surface area contributed by atoms with E-state index in [4.69, 9.17) is 16.3 Å². The fraction of sp³-hybridized carbons (Fsp3) is 0.467. The van der Waals surface area contributed by atoms with Crippen molar-refractivity contribution < 1.29 is 14.3 Å². The second-order valence-corrected chi connectivity index (χ2v) is 5.42. The minimum absolute atomic E-state index is 0.0333. The zero-order valence-corrected chi connectivity index (χ0v) is 12.7. The van der Waals surface area contributed by atoms with Gasteiger partial charge in [0.1, 0.15) is 6.10 Å². The van der Waals surface area contributed by atoms with Crippen molar-refractivity contribution in [2.75, 3.05) is 26.2 Å². The van der Waals surface area contributed by atoms with Gasteiger partial charge in [0.2, 0.25) is 11.8 Å². The van der Waals surface area contributed by atoms with Crippen LogP contribution in [-0.2, 0) is 14.3 Å². The summed E-state index contributed by atoms with van der Waals surface area (Å²) in [6.07, 6.45) is 0.188. The van der Waals surface area contributed by atoms with E-state index in [1.54, 1.807) is 4.90 Å². The predicted octanol–water partition coefficient (Wildman–Crippen LogP) is 1.77. The van der Waals surface area contributed by atoms with Crippen molar-refractivity contribution in [3.05, 3.63) is 34.9 Å². The molecule has 1 N–H and O–H groups in total. The molecule has 114 valence electrons. The van der Waals surface area contributed by atoms with Crippen LogP contribution in [0.15, 0.2) is 24.3 Å². The summed E-state index contributed by atoms with van der Waals surface area (Å²) in [5.74, 6) is -0.0881. The SMILES string of the molecule is CC(=O)NCCC(=O)N1CCO[C@H](c2ccc(Cl)cc2)C1. The molecule has 0 saturated carbocycles. The standard InChI is InChI=1S/C15H19ClN2O3/c1-11(19)17-7-6-15(20)18-8-9-21-14(10-18)12-2-4-13(16)5-3-12/h2-5,14H,6-10H2,1H3,(H,17,19)/t14-/m0/s1. The number of nitrogens with zero attached hydrogens (tertiary/aromatic N) is 1. The first-order chi connectivity index (χ1) is 10.1. The van der Waals surface area contributed by atoms with Gasteiger partial charge in [-0.05, 0) is 17.7 Å². The van der Waals surface area contributed by atoms with Gasteiger partial charge in [-0.25, -0.2) is 0 Å². The molecule has 0 aliphatic carbocycles. The first-order valence-electron chi connectivity index (χ1n) is 6.95. The molecule has 1 aromatic rings. The molecular weight excluding hydrogens is 292 g/mol. The summed E-state index contributed by atoms with van der Waals surface area (Å²) < 4.78 is 5.72. The maximum absolute atomic E-state index is 12.1. The molecule has 6 heteroatoms. The van der Waals surface area contributed by atoms with Crippen molar-refractivity contribution in [3.8, 4) is 0 Å². The van der Waals surface area contributed by atoms with E-state index in [0.29, 0.717) is 37.7 Å². The molecule has 0 spiro atoms. The largest absolute Gasteiger partial charge is 0.370 e. The van der Waals surface area contributed by atoms with E-state index in [1.165, 1.54) is 6.92 Å². The highest BCUT2D eigenvalue weighted by atomic mass is 35.5. The van der Waals surface area contributed by atoms with Crippen LogP contribution in [0.3, 0.4) is 0 Å². The molecule has 21 heavy (non-hydrogen) atoms. The minimum Gasteiger partial charge on any atom is -0.370 e. The zero-order chi connectivity index (χ0) is 15.2. The topological polar surface area (TPSA) is 58.6 Å². The molecule has 0 radical (unpaired) electrons. The van der Waals surface area contributed by atoms with Crippen molar-refractivity contribution in [1.29, 1.82) is 0 Å². The zero-order valence-electron chi connectivity index (χ0n) is 12.0. The van der Waals surface area contributed by atoms with Crippen LogP contribution in [0, 0.1) is 0 Å². The number of hydrogen-bond donors (Lipinski definition) is 1. The lowest BCUT2D eigenvalue weighted by molar-refractivity contribution is -0.139. The van der Waals surface area contributed by atoms with E-state index in [2.05, 4.69) is 5.32 Å². The van der Waals surface area contributed by atoms with Gasteiger partial charge in [0.25, 0.3) is 0 Å². The number of halogens is 1. The second-order valence-electron chi connectivity index (χ2n) is 4.98. The lowest BCUT2D eigenvalue weighted by atomic mass is 10.1. The minimum atomic E-state index is -0.124. The normalized spacial score (nSPS) is 18.4. The summed E-state index contributed by atoms with van der Waals surface area (Å²) in [4.78, 5) is 24.7. The maximum Gasteiger partial charge on any atom is 0.224 e. The number of benzene rings is 1. The van der Waals surface area contributed by atoms with Gasteiger partial charge in [0, 0.05) is 31.5 Å². The van der Waals surface area contributed by atoms with E-state index in [0.717, 1.165) is 5.56 Å². The van der Waals surface area contributed by atoms with E-state index < -0.39 is 0 Å². The molecule has 2 amide bonds. The monoisotopic (exact) mass is 310 g/mol. The molecule has 1 aliphatic heterocycles. The molecule has 1 aromatic carbocycles. The Labute approximate surface area is 129 Å². The Morgan fingerprint density at radius 3 is 2.76 bits per heavy atom. The molecule has 1 saturated heterocycles.